The zero-order valence-electron chi connectivity index (χ0n) is 6.46. The van der Waals surface area contributed by atoms with Gasteiger partial charge in [0.15, 0.2) is 0 Å². The molecule has 2 amide bonds. The minimum absolute atomic E-state index is 0.0793. The van der Waals surface area contributed by atoms with E-state index in [2.05, 4.69) is 10.6 Å². The van der Waals surface area contributed by atoms with Gasteiger partial charge in [-0.15, -0.1) is 0 Å². The third kappa shape index (κ3) is 1.07. The van der Waals surface area contributed by atoms with Crippen LogP contribution in [0.1, 0.15) is 0 Å². The molecule has 0 aromatic carbocycles. The summed E-state index contributed by atoms with van der Waals surface area (Å²) < 4.78 is 5.18. The van der Waals surface area contributed by atoms with Crippen molar-refractivity contribution in [1.82, 2.24) is 10.6 Å². The first-order valence-corrected chi connectivity index (χ1v) is 3.89. The van der Waals surface area contributed by atoms with Gasteiger partial charge in [-0.2, -0.15) is 0 Å². The van der Waals surface area contributed by atoms with Crippen LogP contribution in [0, 0.1) is 11.8 Å². The van der Waals surface area contributed by atoms with Gasteiger partial charge in [-0.25, -0.2) is 4.79 Å². The van der Waals surface area contributed by atoms with E-state index in [1.807, 2.05) is 0 Å². The number of carbonyl (C=O) groups excluding carboxylic acids is 1. The third-order valence-electron chi connectivity index (χ3n) is 2.48. The number of hydrogen-bond donors (Lipinski definition) is 2. The van der Waals surface area contributed by atoms with Crippen molar-refractivity contribution >= 4 is 6.03 Å². The van der Waals surface area contributed by atoms with Gasteiger partial charge in [-0.05, 0) is 0 Å². The summed E-state index contributed by atoms with van der Waals surface area (Å²) in [5.41, 5.74) is 0. The highest BCUT2D eigenvalue weighted by Gasteiger charge is 2.54. The largest absolute Gasteiger partial charge is 0.381 e. The molecule has 62 valence electrons. The predicted octanol–water partition coefficient (Wildman–Crippen LogP) is -0.440. The first kappa shape index (κ1) is 6.91. The topological polar surface area (TPSA) is 50.4 Å². The van der Waals surface area contributed by atoms with E-state index in [0.29, 0.717) is 17.9 Å². The zero-order valence-corrected chi connectivity index (χ0v) is 6.46. The van der Waals surface area contributed by atoms with Crippen molar-refractivity contribution in [2.75, 3.05) is 20.3 Å². The molecule has 0 bridgehead atoms. The highest BCUT2D eigenvalue weighted by atomic mass is 16.5. The molecule has 11 heavy (non-hydrogen) atoms. The lowest BCUT2D eigenvalue weighted by molar-refractivity contribution is 0.156. The molecule has 1 saturated heterocycles. The molecule has 1 unspecified atom stereocenters. The van der Waals surface area contributed by atoms with Crippen LogP contribution in [0.3, 0.4) is 0 Å². The summed E-state index contributed by atoms with van der Waals surface area (Å²) in [6.07, 6.45) is 0. The molecule has 1 heterocycles. The molecule has 0 aromatic rings. The van der Waals surface area contributed by atoms with Crippen molar-refractivity contribution in [2.45, 2.75) is 6.04 Å². The number of ether oxygens (including phenoxy) is 1. The minimum Gasteiger partial charge on any atom is -0.381 e. The summed E-state index contributed by atoms with van der Waals surface area (Å²) >= 11 is 0. The minimum atomic E-state index is -0.0793. The van der Waals surface area contributed by atoms with E-state index in [1.165, 1.54) is 0 Å². The van der Waals surface area contributed by atoms with Crippen molar-refractivity contribution < 1.29 is 9.53 Å². The van der Waals surface area contributed by atoms with Gasteiger partial charge >= 0.3 is 6.03 Å². The van der Waals surface area contributed by atoms with Gasteiger partial charge < -0.3 is 15.4 Å². The van der Waals surface area contributed by atoms with Crippen LogP contribution in [0.4, 0.5) is 4.79 Å². The quantitative estimate of drug-likeness (QED) is 0.540. The maximum Gasteiger partial charge on any atom is 0.314 e. The normalized spacial score (nSPS) is 39.5. The molecule has 2 aliphatic rings. The predicted molar refractivity (Wildman–Crippen MR) is 39.2 cm³/mol. The molecule has 3 atom stereocenters. The summed E-state index contributed by atoms with van der Waals surface area (Å²) in [4.78, 5) is 10.8. The summed E-state index contributed by atoms with van der Waals surface area (Å²) in [5.74, 6) is 1.18. The van der Waals surface area contributed by atoms with E-state index in [1.54, 1.807) is 7.05 Å². The van der Waals surface area contributed by atoms with E-state index in [0.717, 1.165) is 13.2 Å². The molecule has 1 aliphatic carbocycles. The maximum absolute atomic E-state index is 10.8. The van der Waals surface area contributed by atoms with Gasteiger partial charge in [0.05, 0.1) is 13.2 Å². The number of carbonyl (C=O) groups is 1. The fourth-order valence-electron chi connectivity index (χ4n) is 1.68. The van der Waals surface area contributed by atoms with Crippen LogP contribution < -0.4 is 10.6 Å². The molecule has 2 N–H and O–H groups in total. The Labute approximate surface area is 65.3 Å². The van der Waals surface area contributed by atoms with Crippen LogP contribution in [-0.4, -0.2) is 32.3 Å². The second kappa shape index (κ2) is 2.37. The Morgan fingerprint density at radius 2 is 2.09 bits per heavy atom. The number of rotatable bonds is 1. The van der Waals surface area contributed by atoms with Gasteiger partial charge in [0.1, 0.15) is 0 Å². The van der Waals surface area contributed by atoms with Crippen LogP contribution in [0.25, 0.3) is 0 Å². The molecular weight excluding hydrogens is 144 g/mol. The number of nitrogens with one attached hydrogen (secondary N) is 2. The van der Waals surface area contributed by atoms with E-state index in [-0.39, 0.29) is 6.03 Å². The van der Waals surface area contributed by atoms with Gasteiger partial charge in [0.25, 0.3) is 0 Å². The van der Waals surface area contributed by atoms with Gasteiger partial charge in [0.2, 0.25) is 0 Å². The number of amides is 2. The first-order chi connectivity index (χ1) is 5.33. The molecule has 2 rings (SSSR count). The molecular formula is C7H12N2O2. The van der Waals surface area contributed by atoms with Crippen molar-refractivity contribution in [3.05, 3.63) is 0 Å². The Balaban J connectivity index is 1.79. The van der Waals surface area contributed by atoms with E-state index >= 15 is 0 Å². The van der Waals surface area contributed by atoms with Crippen molar-refractivity contribution in [3.63, 3.8) is 0 Å². The average molecular weight is 156 g/mol. The number of urea groups is 1. The molecule has 0 spiro atoms. The summed E-state index contributed by atoms with van der Waals surface area (Å²) in [7, 11) is 1.63. The molecule has 0 aromatic heterocycles. The van der Waals surface area contributed by atoms with E-state index in [9.17, 15) is 4.79 Å². The van der Waals surface area contributed by atoms with Crippen LogP contribution in [0.5, 0.6) is 0 Å². The van der Waals surface area contributed by atoms with E-state index in [4.69, 9.17) is 4.74 Å². The highest BCUT2D eigenvalue weighted by molar-refractivity contribution is 5.74. The van der Waals surface area contributed by atoms with Crippen LogP contribution in [0.15, 0.2) is 0 Å². The van der Waals surface area contributed by atoms with Crippen molar-refractivity contribution in [2.24, 2.45) is 11.8 Å². The van der Waals surface area contributed by atoms with Crippen molar-refractivity contribution in [1.29, 1.82) is 0 Å². The van der Waals surface area contributed by atoms with Gasteiger partial charge in [-0.1, -0.05) is 0 Å². The standard InChI is InChI=1S/C7H12N2O2/c1-8-7(10)9-6-4-2-11-3-5(4)6/h4-6H,2-3H2,1H3,(H2,8,9,10)/t4-,5+,6?. The molecule has 1 saturated carbocycles. The molecule has 0 radical (unpaired) electrons. The van der Waals surface area contributed by atoms with E-state index < -0.39 is 0 Å². The third-order valence-corrected chi connectivity index (χ3v) is 2.48. The lowest BCUT2D eigenvalue weighted by Crippen LogP contribution is -2.36. The summed E-state index contributed by atoms with van der Waals surface area (Å²) in [6.45, 7) is 1.64. The maximum atomic E-state index is 10.8. The van der Waals surface area contributed by atoms with Crippen LogP contribution >= 0.6 is 0 Å². The average Bonchev–Trinajstić information content (AvgIpc) is 2.52. The van der Waals surface area contributed by atoms with Crippen LogP contribution in [-0.2, 0) is 4.74 Å². The Bertz CT molecular complexity index is 173. The Kier molecular flexibility index (Phi) is 1.49. The number of hydrogen-bond acceptors (Lipinski definition) is 2. The smallest absolute Gasteiger partial charge is 0.314 e. The first-order valence-electron chi connectivity index (χ1n) is 3.89. The monoisotopic (exact) mass is 156 g/mol. The molecule has 4 heteroatoms. The molecule has 1 aliphatic heterocycles. The Hall–Kier alpha value is -0.770. The Morgan fingerprint density at radius 3 is 2.64 bits per heavy atom. The Morgan fingerprint density at radius 1 is 1.45 bits per heavy atom. The molecule has 2 fully saturated rings. The van der Waals surface area contributed by atoms with Crippen molar-refractivity contribution in [3.8, 4) is 0 Å². The van der Waals surface area contributed by atoms with Crippen LogP contribution in [0.2, 0.25) is 0 Å². The van der Waals surface area contributed by atoms with Gasteiger partial charge in [-0.3, -0.25) is 0 Å². The summed E-state index contributed by atoms with van der Waals surface area (Å²) in [5, 5.41) is 5.41. The fourth-order valence-corrected chi connectivity index (χ4v) is 1.68. The highest BCUT2D eigenvalue weighted by Crippen LogP contribution is 2.43. The fraction of sp³-hybridized carbons (Fsp3) is 0.857. The second-order valence-corrected chi connectivity index (χ2v) is 3.11. The lowest BCUT2D eigenvalue weighted by atomic mass is 10.4. The SMILES string of the molecule is CNC(=O)NC1[C@H]2COC[C@@H]12. The molecule has 4 nitrogen and oxygen atoms in total. The lowest BCUT2D eigenvalue weighted by Gasteiger charge is -2.05. The zero-order chi connectivity index (χ0) is 7.84. The number of fused-ring (bicyclic) bond motifs is 1. The second-order valence-electron chi connectivity index (χ2n) is 3.11. The summed E-state index contributed by atoms with van der Waals surface area (Å²) in [6, 6.07) is 0.299. The van der Waals surface area contributed by atoms with Gasteiger partial charge in [0, 0.05) is 24.9 Å².